The van der Waals surface area contributed by atoms with E-state index in [4.69, 9.17) is 0 Å². The molecule has 1 aliphatic rings. The zero-order valence-electron chi connectivity index (χ0n) is 6.92. The third kappa shape index (κ3) is 2.22. The molecule has 0 saturated heterocycles. The van der Waals surface area contributed by atoms with Gasteiger partial charge >= 0.3 is 0 Å². The van der Waals surface area contributed by atoms with E-state index in [0.29, 0.717) is 6.67 Å². The van der Waals surface area contributed by atoms with Crippen LogP contribution in [-0.2, 0) is 4.79 Å². The molecule has 11 heavy (non-hydrogen) atoms. The smallest absolute Gasteiger partial charge is 0.218 e. The maximum atomic E-state index is 10.5. The zero-order chi connectivity index (χ0) is 8.27. The van der Waals surface area contributed by atoms with Gasteiger partial charge in [0.15, 0.2) is 0 Å². The number of nitrogens with zero attached hydrogens (tertiary/aromatic N) is 2. The van der Waals surface area contributed by atoms with Crippen molar-refractivity contribution >= 4 is 11.7 Å². The number of hydrogen-bond acceptors (Lipinski definition) is 3. The maximum absolute atomic E-state index is 10.5. The summed E-state index contributed by atoms with van der Waals surface area (Å²) in [7, 11) is 0. The highest BCUT2D eigenvalue weighted by Crippen LogP contribution is 1.97. The quantitative estimate of drug-likeness (QED) is 0.601. The van der Waals surface area contributed by atoms with Gasteiger partial charge in [-0.25, -0.2) is 0 Å². The van der Waals surface area contributed by atoms with E-state index in [-0.39, 0.29) is 5.91 Å². The zero-order valence-corrected chi connectivity index (χ0v) is 6.92. The molecule has 0 fully saturated rings. The second-order valence-corrected chi connectivity index (χ2v) is 2.58. The first-order chi connectivity index (χ1) is 5.20. The SMILES string of the molecule is CC(=O)NCN1CCN=C1C. The summed E-state index contributed by atoms with van der Waals surface area (Å²) in [6.07, 6.45) is 0. The Morgan fingerprint density at radius 1 is 1.82 bits per heavy atom. The summed E-state index contributed by atoms with van der Waals surface area (Å²) in [5, 5.41) is 2.72. The van der Waals surface area contributed by atoms with Crippen LogP contribution in [0.15, 0.2) is 4.99 Å². The molecular formula is C7H13N3O. The summed E-state index contributed by atoms with van der Waals surface area (Å²) >= 11 is 0. The minimum absolute atomic E-state index is 0.00435. The lowest BCUT2D eigenvalue weighted by Gasteiger charge is -2.17. The van der Waals surface area contributed by atoms with Crippen molar-refractivity contribution in [2.24, 2.45) is 4.99 Å². The fraction of sp³-hybridized carbons (Fsp3) is 0.714. The second-order valence-electron chi connectivity index (χ2n) is 2.58. The summed E-state index contributed by atoms with van der Waals surface area (Å²) in [4.78, 5) is 16.8. The van der Waals surface area contributed by atoms with E-state index < -0.39 is 0 Å². The van der Waals surface area contributed by atoms with Crippen molar-refractivity contribution in [2.45, 2.75) is 13.8 Å². The Hall–Kier alpha value is -1.06. The number of nitrogens with one attached hydrogen (secondary N) is 1. The molecule has 1 aliphatic heterocycles. The highest BCUT2D eigenvalue weighted by Gasteiger charge is 2.11. The molecule has 0 radical (unpaired) electrons. The summed E-state index contributed by atoms with van der Waals surface area (Å²) in [5.74, 6) is 1.02. The molecule has 4 heteroatoms. The highest BCUT2D eigenvalue weighted by molar-refractivity contribution is 5.81. The first-order valence-electron chi connectivity index (χ1n) is 3.70. The number of aliphatic imine (C=N–C) groups is 1. The summed E-state index contributed by atoms with van der Waals surface area (Å²) in [5.41, 5.74) is 0. The molecule has 1 amide bonds. The molecule has 62 valence electrons. The van der Waals surface area contributed by atoms with Crippen molar-refractivity contribution in [3.8, 4) is 0 Å². The van der Waals surface area contributed by atoms with Gasteiger partial charge in [-0.2, -0.15) is 0 Å². The second kappa shape index (κ2) is 3.37. The Morgan fingerprint density at radius 3 is 3.00 bits per heavy atom. The topological polar surface area (TPSA) is 44.7 Å². The lowest BCUT2D eigenvalue weighted by atomic mass is 10.5. The number of carbonyl (C=O) groups excluding carboxylic acids is 1. The molecular weight excluding hydrogens is 142 g/mol. The molecule has 0 aromatic rings. The molecule has 1 heterocycles. The van der Waals surface area contributed by atoms with Crippen molar-refractivity contribution < 1.29 is 4.79 Å². The van der Waals surface area contributed by atoms with Crippen LogP contribution in [0.25, 0.3) is 0 Å². The minimum Gasteiger partial charge on any atom is -0.341 e. The molecule has 1 N–H and O–H groups in total. The molecule has 0 saturated carbocycles. The average molecular weight is 155 g/mol. The predicted molar refractivity (Wildman–Crippen MR) is 43.4 cm³/mol. The van der Waals surface area contributed by atoms with Gasteiger partial charge in [0.25, 0.3) is 0 Å². The molecule has 0 aromatic heterocycles. The van der Waals surface area contributed by atoms with Gasteiger partial charge in [-0.1, -0.05) is 0 Å². The molecule has 1 rings (SSSR count). The standard InChI is InChI=1S/C7H13N3O/c1-6-8-3-4-10(6)5-9-7(2)11/h3-5H2,1-2H3,(H,9,11). The first kappa shape index (κ1) is 8.04. The van der Waals surface area contributed by atoms with Gasteiger partial charge in [-0.15, -0.1) is 0 Å². The normalized spacial score (nSPS) is 16.5. The third-order valence-electron chi connectivity index (χ3n) is 1.69. The van der Waals surface area contributed by atoms with Gasteiger partial charge in [-0.3, -0.25) is 9.79 Å². The Balaban J connectivity index is 2.27. The number of amidine groups is 1. The molecule has 0 spiro atoms. The largest absolute Gasteiger partial charge is 0.341 e. The van der Waals surface area contributed by atoms with Crippen LogP contribution in [0, 0.1) is 0 Å². The van der Waals surface area contributed by atoms with E-state index >= 15 is 0 Å². The molecule has 0 aliphatic carbocycles. The van der Waals surface area contributed by atoms with Gasteiger partial charge in [0.2, 0.25) is 5.91 Å². The molecule has 0 bridgehead atoms. The van der Waals surface area contributed by atoms with E-state index in [0.717, 1.165) is 18.9 Å². The Morgan fingerprint density at radius 2 is 2.55 bits per heavy atom. The number of amides is 1. The maximum Gasteiger partial charge on any atom is 0.218 e. The molecule has 0 aromatic carbocycles. The van der Waals surface area contributed by atoms with Crippen LogP contribution < -0.4 is 5.32 Å². The van der Waals surface area contributed by atoms with Crippen molar-refractivity contribution in [3.63, 3.8) is 0 Å². The fourth-order valence-corrected chi connectivity index (χ4v) is 0.995. The summed E-state index contributed by atoms with van der Waals surface area (Å²) < 4.78 is 0. The molecule has 0 atom stereocenters. The minimum atomic E-state index is 0.00435. The number of rotatable bonds is 2. The molecule has 0 unspecified atom stereocenters. The van der Waals surface area contributed by atoms with Crippen molar-refractivity contribution in [3.05, 3.63) is 0 Å². The van der Waals surface area contributed by atoms with Crippen molar-refractivity contribution in [2.75, 3.05) is 19.8 Å². The van der Waals surface area contributed by atoms with Gasteiger partial charge < -0.3 is 10.2 Å². The Bertz CT molecular complexity index is 188. The van der Waals surface area contributed by atoms with Crippen LogP contribution in [0.3, 0.4) is 0 Å². The van der Waals surface area contributed by atoms with Gasteiger partial charge in [-0.05, 0) is 6.92 Å². The lowest BCUT2D eigenvalue weighted by Crippen LogP contribution is -2.37. The first-order valence-corrected chi connectivity index (χ1v) is 3.70. The third-order valence-corrected chi connectivity index (χ3v) is 1.69. The summed E-state index contributed by atoms with van der Waals surface area (Å²) in [6.45, 7) is 5.83. The Kier molecular flexibility index (Phi) is 2.46. The number of carbonyl (C=O) groups is 1. The highest BCUT2D eigenvalue weighted by atomic mass is 16.1. The van der Waals surface area contributed by atoms with E-state index in [1.807, 2.05) is 11.8 Å². The van der Waals surface area contributed by atoms with Gasteiger partial charge in [0, 0.05) is 13.5 Å². The van der Waals surface area contributed by atoms with Crippen LogP contribution >= 0.6 is 0 Å². The van der Waals surface area contributed by atoms with E-state index in [1.54, 1.807) is 0 Å². The van der Waals surface area contributed by atoms with Gasteiger partial charge in [0.1, 0.15) is 0 Å². The van der Waals surface area contributed by atoms with Crippen LogP contribution in [0.2, 0.25) is 0 Å². The van der Waals surface area contributed by atoms with E-state index in [2.05, 4.69) is 10.3 Å². The van der Waals surface area contributed by atoms with Gasteiger partial charge in [0.05, 0.1) is 19.0 Å². The number of hydrogen-bond donors (Lipinski definition) is 1. The summed E-state index contributed by atoms with van der Waals surface area (Å²) in [6, 6.07) is 0. The van der Waals surface area contributed by atoms with Crippen LogP contribution in [0.5, 0.6) is 0 Å². The van der Waals surface area contributed by atoms with Crippen molar-refractivity contribution in [1.82, 2.24) is 10.2 Å². The van der Waals surface area contributed by atoms with Crippen LogP contribution in [0.4, 0.5) is 0 Å². The van der Waals surface area contributed by atoms with Crippen molar-refractivity contribution in [1.29, 1.82) is 0 Å². The fourth-order valence-electron chi connectivity index (χ4n) is 0.995. The van der Waals surface area contributed by atoms with Crippen LogP contribution in [0.1, 0.15) is 13.8 Å². The molecule has 4 nitrogen and oxygen atoms in total. The van der Waals surface area contributed by atoms with E-state index in [1.165, 1.54) is 6.92 Å². The monoisotopic (exact) mass is 155 g/mol. The average Bonchev–Trinajstić information content (AvgIpc) is 2.31. The lowest BCUT2D eigenvalue weighted by molar-refractivity contribution is -0.119. The predicted octanol–water partition coefficient (Wildman–Crippen LogP) is -0.186. The van der Waals surface area contributed by atoms with E-state index in [9.17, 15) is 4.79 Å². The Labute approximate surface area is 66.3 Å². The van der Waals surface area contributed by atoms with Crippen LogP contribution in [-0.4, -0.2) is 36.4 Å².